The number of nitrogens with one attached hydrogen (secondary N) is 1. The van der Waals surface area contributed by atoms with Gasteiger partial charge in [-0.25, -0.2) is 4.79 Å². The monoisotopic (exact) mass is 300 g/mol. The van der Waals surface area contributed by atoms with Crippen LogP contribution in [-0.2, 0) is 0 Å². The van der Waals surface area contributed by atoms with Crippen LogP contribution in [0.4, 0.5) is 5.69 Å². The van der Waals surface area contributed by atoms with Crippen LogP contribution in [-0.4, -0.2) is 43.2 Å². The fraction of sp³-hybridized carbons (Fsp3) is 0.417. The lowest BCUT2D eigenvalue weighted by Gasteiger charge is -2.12. The average Bonchev–Trinajstić information content (AvgIpc) is 2.25. The maximum atomic E-state index is 11.0. The van der Waals surface area contributed by atoms with E-state index in [1.165, 1.54) is 0 Å². The highest BCUT2D eigenvalue weighted by atomic mass is 79.9. The van der Waals surface area contributed by atoms with E-state index in [-0.39, 0.29) is 0 Å². The molecule has 0 unspecified atom stereocenters. The second-order valence-electron chi connectivity index (χ2n) is 4.08. The number of rotatable bonds is 6. The quantitative estimate of drug-likeness (QED) is 0.793. The van der Waals surface area contributed by atoms with Gasteiger partial charge in [-0.2, -0.15) is 0 Å². The first kappa shape index (κ1) is 14.0. The van der Waals surface area contributed by atoms with Crippen molar-refractivity contribution in [3.05, 3.63) is 28.2 Å². The topological polar surface area (TPSA) is 52.6 Å². The van der Waals surface area contributed by atoms with Crippen molar-refractivity contribution in [2.24, 2.45) is 0 Å². The number of carboxylic acids is 1. The molecule has 1 aromatic carbocycles. The summed E-state index contributed by atoms with van der Waals surface area (Å²) in [6.07, 6.45) is 0.974. The average molecular weight is 301 g/mol. The first-order valence-electron chi connectivity index (χ1n) is 5.42. The lowest BCUT2D eigenvalue weighted by atomic mass is 10.2. The number of anilines is 1. The van der Waals surface area contributed by atoms with Gasteiger partial charge in [0.05, 0.1) is 5.56 Å². The zero-order valence-electron chi connectivity index (χ0n) is 10.0. The summed E-state index contributed by atoms with van der Waals surface area (Å²) in [5.41, 5.74) is 0.962. The van der Waals surface area contributed by atoms with E-state index in [0.29, 0.717) is 11.3 Å². The van der Waals surface area contributed by atoms with Crippen molar-refractivity contribution < 1.29 is 9.90 Å². The molecular weight excluding hydrogens is 284 g/mol. The molecular formula is C12H17BrN2O2. The summed E-state index contributed by atoms with van der Waals surface area (Å²) < 4.78 is 0.772. The Kier molecular flexibility index (Phi) is 5.44. The Labute approximate surface area is 110 Å². The lowest BCUT2D eigenvalue weighted by molar-refractivity contribution is 0.0698. The van der Waals surface area contributed by atoms with E-state index in [1.807, 2.05) is 20.2 Å². The third-order valence-electron chi connectivity index (χ3n) is 2.31. The standard InChI is InChI=1S/C12H17BrN2O2/c1-15(2)7-3-6-14-11-5-4-9(13)8-10(11)12(16)17/h4-5,8,14H,3,6-7H2,1-2H3,(H,16,17). The largest absolute Gasteiger partial charge is 0.478 e. The molecule has 0 saturated heterocycles. The third kappa shape index (κ3) is 4.75. The van der Waals surface area contributed by atoms with Crippen LogP contribution in [0.2, 0.25) is 0 Å². The number of hydrogen-bond acceptors (Lipinski definition) is 3. The maximum absolute atomic E-state index is 11.0. The van der Waals surface area contributed by atoms with Gasteiger partial charge >= 0.3 is 5.97 Å². The van der Waals surface area contributed by atoms with E-state index < -0.39 is 5.97 Å². The number of halogens is 1. The summed E-state index contributed by atoms with van der Waals surface area (Å²) >= 11 is 3.27. The maximum Gasteiger partial charge on any atom is 0.337 e. The smallest absolute Gasteiger partial charge is 0.337 e. The molecule has 0 aliphatic heterocycles. The summed E-state index contributed by atoms with van der Waals surface area (Å²) in [7, 11) is 4.03. The highest BCUT2D eigenvalue weighted by molar-refractivity contribution is 9.10. The predicted octanol–water partition coefficient (Wildman–Crippen LogP) is 2.51. The first-order valence-corrected chi connectivity index (χ1v) is 6.21. The Balaban J connectivity index is 2.61. The molecule has 0 aliphatic rings. The normalized spacial score (nSPS) is 10.6. The molecule has 0 radical (unpaired) electrons. The van der Waals surface area contributed by atoms with Crippen LogP contribution in [0.3, 0.4) is 0 Å². The minimum atomic E-state index is -0.915. The third-order valence-corrected chi connectivity index (χ3v) is 2.80. The minimum absolute atomic E-state index is 0.296. The molecule has 94 valence electrons. The molecule has 0 bridgehead atoms. The van der Waals surface area contributed by atoms with Crippen LogP contribution >= 0.6 is 15.9 Å². The predicted molar refractivity (Wildman–Crippen MR) is 72.8 cm³/mol. The molecule has 0 amide bonds. The number of aromatic carboxylic acids is 1. The summed E-state index contributed by atoms with van der Waals surface area (Å²) in [5, 5.41) is 12.2. The van der Waals surface area contributed by atoms with Crippen molar-refractivity contribution >= 4 is 27.6 Å². The summed E-state index contributed by atoms with van der Waals surface area (Å²) in [6.45, 7) is 1.74. The molecule has 0 aromatic heterocycles. The SMILES string of the molecule is CN(C)CCCNc1ccc(Br)cc1C(=O)O. The Morgan fingerprint density at radius 2 is 2.18 bits per heavy atom. The van der Waals surface area contributed by atoms with E-state index in [2.05, 4.69) is 26.1 Å². The van der Waals surface area contributed by atoms with Crippen molar-refractivity contribution in [3.63, 3.8) is 0 Å². The first-order chi connectivity index (χ1) is 8.00. The van der Waals surface area contributed by atoms with Crippen LogP contribution in [0.25, 0.3) is 0 Å². The molecule has 0 spiro atoms. The van der Waals surface area contributed by atoms with E-state index in [9.17, 15) is 4.79 Å². The highest BCUT2D eigenvalue weighted by Crippen LogP contribution is 2.21. The van der Waals surface area contributed by atoms with E-state index in [1.54, 1.807) is 12.1 Å². The number of hydrogen-bond donors (Lipinski definition) is 2. The van der Waals surface area contributed by atoms with Crippen LogP contribution in [0.15, 0.2) is 22.7 Å². The zero-order valence-corrected chi connectivity index (χ0v) is 11.6. The van der Waals surface area contributed by atoms with Crippen molar-refractivity contribution in [2.75, 3.05) is 32.5 Å². The summed E-state index contributed by atoms with van der Waals surface area (Å²) in [5.74, 6) is -0.915. The van der Waals surface area contributed by atoms with Crippen LogP contribution < -0.4 is 5.32 Å². The minimum Gasteiger partial charge on any atom is -0.478 e. The molecule has 5 heteroatoms. The Bertz CT molecular complexity index is 394. The molecule has 1 aromatic rings. The molecule has 0 saturated carbocycles. The van der Waals surface area contributed by atoms with E-state index >= 15 is 0 Å². The van der Waals surface area contributed by atoms with Gasteiger partial charge in [0.15, 0.2) is 0 Å². The number of benzene rings is 1. The molecule has 1 rings (SSSR count). The molecule has 17 heavy (non-hydrogen) atoms. The van der Waals surface area contributed by atoms with Gasteiger partial charge in [-0.15, -0.1) is 0 Å². The molecule has 2 N–H and O–H groups in total. The second kappa shape index (κ2) is 6.61. The van der Waals surface area contributed by atoms with E-state index in [0.717, 1.165) is 24.0 Å². The second-order valence-corrected chi connectivity index (χ2v) is 4.99. The Morgan fingerprint density at radius 1 is 1.47 bits per heavy atom. The van der Waals surface area contributed by atoms with Gasteiger partial charge < -0.3 is 15.3 Å². The van der Waals surface area contributed by atoms with Crippen LogP contribution in [0.5, 0.6) is 0 Å². The van der Waals surface area contributed by atoms with Gasteiger partial charge in [-0.3, -0.25) is 0 Å². The van der Waals surface area contributed by atoms with E-state index in [4.69, 9.17) is 5.11 Å². The number of carboxylic acid groups (broad SMARTS) is 1. The molecule has 0 heterocycles. The van der Waals surface area contributed by atoms with Gasteiger partial charge in [0.1, 0.15) is 0 Å². The van der Waals surface area contributed by atoms with Crippen LogP contribution in [0, 0.1) is 0 Å². The van der Waals surface area contributed by atoms with Crippen LogP contribution in [0.1, 0.15) is 16.8 Å². The van der Waals surface area contributed by atoms with Gasteiger partial charge in [-0.1, -0.05) is 15.9 Å². The molecule has 0 atom stereocenters. The number of nitrogens with zero attached hydrogens (tertiary/aromatic N) is 1. The summed E-state index contributed by atoms with van der Waals surface area (Å²) in [6, 6.07) is 5.22. The fourth-order valence-electron chi connectivity index (χ4n) is 1.47. The zero-order chi connectivity index (χ0) is 12.8. The molecule has 0 aliphatic carbocycles. The van der Waals surface area contributed by atoms with Crippen molar-refractivity contribution in [1.29, 1.82) is 0 Å². The number of carbonyl (C=O) groups is 1. The van der Waals surface area contributed by atoms with Crippen molar-refractivity contribution in [3.8, 4) is 0 Å². The lowest BCUT2D eigenvalue weighted by Crippen LogP contribution is -2.17. The molecule has 4 nitrogen and oxygen atoms in total. The van der Waals surface area contributed by atoms with Crippen molar-refractivity contribution in [1.82, 2.24) is 4.90 Å². The fourth-order valence-corrected chi connectivity index (χ4v) is 1.83. The van der Waals surface area contributed by atoms with Gasteiger partial charge in [0.2, 0.25) is 0 Å². The Hall–Kier alpha value is -1.07. The molecule has 0 fully saturated rings. The van der Waals surface area contributed by atoms with Crippen molar-refractivity contribution in [2.45, 2.75) is 6.42 Å². The van der Waals surface area contributed by atoms with Gasteiger partial charge in [0.25, 0.3) is 0 Å². The van der Waals surface area contributed by atoms with Gasteiger partial charge in [-0.05, 0) is 45.3 Å². The highest BCUT2D eigenvalue weighted by Gasteiger charge is 2.09. The van der Waals surface area contributed by atoms with Gasteiger partial charge in [0, 0.05) is 16.7 Å². The Morgan fingerprint density at radius 3 is 2.76 bits per heavy atom. The summed E-state index contributed by atoms with van der Waals surface area (Å²) in [4.78, 5) is 13.1.